The van der Waals surface area contributed by atoms with E-state index in [9.17, 15) is 14.0 Å². The topological polar surface area (TPSA) is 49.9 Å². The minimum Gasteiger partial charge on any atom is -0.468 e. The summed E-state index contributed by atoms with van der Waals surface area (Å²) < 4.78 is 19.0. The lowest BCUT2D eigenvalue weighted by Gasteiger charge is -2.34. The number of rotatable bonds is 3. The molecule has 0 N–H and O–H groups in total. The molecule has 1 saturated heterocycles. The van der Waals surface area contributed by atoms with E-state index in [1.165, 1.54) is 19.2 Å². The number of hydrogen-bond acceptors (Lipinski definition) is 4. The first-order valence-electron chi connectivity index (χ1n) is 6.54. The maximum Gasteiger partial charge on any atom is 0.319 e. The van der Waals surface area contributed by atoms with Gasteiger partial charge in [0, 0.05) is 30.7 Å². The number of amides is 1. The van der Waals surface area contributed by atoms with Gasteiger partial charge >= 0.3 is 5.97 Å². The van der Waals surface area contributed by atoms with Crippen molar-refractivity contribution in [3.05, 3.63) is 34.1 Å². The second kappa shape index (κ2) is 7.00. The number of nitrogens with zero attached hydrogens (tertiary/aromatic N) is 2. The van der Waals surface area contributed by atoms with Gasteiger partial charge in [0.1, 0.15) is 5.82 Å². The molecule has 21 heavy (non-hydrogen) atoms. The van der Waals surface area contributed by atoms with E-state index in [2.05, 4.69) is 20.7 Å². The van der Waals surface area contributed by atoms with Gasteiger partial charge in [-0.1, -0.05) is 15.9 Å². The van der Waals surface area contributed by atoms with E-state index >= 15 is 0 Å². The molecule has 114 valence electrons. The van der Waals surface area contributed by atoms with Crippen molar-refractivity contribution in [3.8, 4) is 0 Å². The van der Waals surface area contributed by atoms with Crippen LogP contribution < -0.4 is 0 Å². The number of hydrogen-bond donors (Lipinski definition) is 0. The summed E-state index contributed by atoms with van der Waals surface area (Å²) in [5.74, 6) is -1.15. The summed E-state index contributed by atoms with van der Waals surface area (Å²) in [7, 11) is 1.35. The molecule has 0 spiro atoms. The van der Waals surface area contributed by atoms with Crippen LogP contribution in [0.1, 0.15) is 10.4 Å². The summed E-state index contributed by atoms with van der Waals surface area (Å²) in [5.41, 5.74) is 0.0609. The molecule has 1 aliphatic rings. The van der Waals surface area contributed by atoms with Crippen LogP contribution in [0.2, 0.25) is 0 Å². The number of carbonyl (C=O) groups is 2. The van der Waals surface area contributed by atoms with E-state index in [0.717, 1.165) is 0 Å². The lowest BCUT2D eigenvalue weighted by atomic mass is 10.1. The van der Waals surface area contributed by atoms with E-state index in [0.29, 0.717) is 30.7 Å². The van der Waals surface area contributed by atoms with E-state index in [1.54, 1.807) is 11.0 Å². The molecule has 1 fully saturated rings. The molecule has 5 nitrogen and oxygen atoms in total. The highest BCUT2D eigenvalue weighted by atomic mass is 79.9. The molecule has 0 radical (unpaired) electrons. The molecule has 0 bridgehead atoms. The van der Waals surface area contributed by atoms with Gasteiger partial charge in [-0.05, 0) is 18.2 Å². The lowest BCUT2D eigenvalue weighted by Crippen LogP contribution is -2.50. The quantitative estimate of drug-likeness (QED) is 0.768. The maximum absolute atomic E-state index is 13.7. The minimum absolute atomic E-state index is 0.0609. The Balaban J connectivity index is 1.97. The van der Waals surface area contributed by atoms with Gasteiger partial charge in [0.2, 0.25) is 0 Å². The molecular weight excluding hydrogens is 343 g/mol. The fourth-order valence-corrected chi connectivity index (χ4v) is 2.55. The van der Waals surface area contributed by atoms with Crippen molar-refractivity contribution in [2.45, 2.75) is 0 Å². The van der Waals surface area contributed by atoms with Crippen LogP contribution in [0.4, 0.5) is 4.39 Å². The van der Waals surface area contributed by atoms with Gasteiger partial charge in [-0.15, -0.1) is 0 Å². The van der Waals surface area contributed by atoms with Crippen LogP contribution in [0.25, 0.3) is 0 Å². The average Bonchev–Trinajstić information content (AvgIpc) is 2.49. The van der Waals surface area contributed by atoms with Gasteiger partial charge in [0.25, 0.3) is 5.91 Å². The molecule has 1 aromatic carbocycles. The highest BCUT2D eigenvalue weighted by Crippen LogP contribution is 2.18. The van der Waals surface area contributed by atoms with E-state index in [-0.39, 0.29) is 24.0 Å². The molecule has 1 amide bonds. The summed E-state index contributed by atoms with van der Waals surface area (Å²) in [5, 5.41) is 0. The lowest BCUT2D eigenvalue weighted by molar-refractivity contribution is -0.142. The molecule has 0 atom stereocenters. The van der Waals surface area contributed by atoms with Crippen molar-refractivity contribution in [2.75, 3.05) is 39.8 Å². The van der Waals surface area contributed by atoms with Gasteiger partial charge < -0.3 is 9.64 Å². The Kier molecular flexibility index (Phi) is 5.30. The summed E-state index contributed by atoms with van der Waals surface area (Å²) in [4.78, 5) is 27.0. The number of carbonyl (C=O) groups excluding carboxylic acids is 2. The Morgan fingerprint density at radius 3 is 2.57 bits per heavy atom. The third kappa shape index (κ3) is 4.01. The highest BCUT2D eigenvalue weighted by molar-refractivity contribution is 9.10. The predicted octanol–water partition coefficient (Wildman–Crippen LogP) is 1.52. The summed E-state index contributed by atoms with van der Waals surface area (Å²) in [6.07, 6.45) is 0. The van der Waals surface area contributed by atoms with E-state index < -0.39 is 5.82 Å². The maximum atomic E-state index is 13.7. The van der Waals surface area contributed by atoms with Crippen LogP contribution in [0.5, 0.6) is 0 Å². The van der Waals surface area contributed by atoms with E-state index in [1.807, 2.05) is 4.90 Å². The first kappa shape index (κ1) is 15.9. The average molecular weight is 359 g/mol. The van der Waals surface area contributed by atoms with Gasteiger partial charge in [-0.3, -0.25) is 14.5 Å². The summed E-state index contributed by atoms with van der Waals surface area (Å²) >= 11 is 3.24. The number of esters is 1. The standard InChI is InChI=1S/C14H16BrFN2O3/c1-21-13(19)9-17-4-6-18(7-5-17)14(20)11-8-10(15)2-3-12(11)16/h2-3,8H,4-7,9H2,1H3. The van der Waals surface area contributed by atoms with Crippen molar-refractivity contribution in [2.24, 2.45) is 0 Å². The smallest absolute Gasteiger partial charge is 0.319 e. The summed E-state index contributed by atoms with van der Waals surface area (Å²) in [6.45, 7) is 2.26. The molecule has 0 aliphatic carbocycles. The van der Waals surface area contributed by atoms with Crippen molar-refractivity contribution in [1.29, 1.82) is 0 Å². The first-order valence-corrected chi connectivity index (χ1v) is 7.34. The molecule has 1 aromatic rings. The second-order valence-electron chi connectivity index (χ2n) is 4.77. The van der Waals surface area contributed by atoms with Crippen LogP contribution in [-0.4, -0.2) is 61.5 Å². The normalized spacial score (nSPS) is 15.9. The van der Waals surface area contributed by atoms with Gasteiger partial charge in [-0.25, -0.2) is 4.39 Å². The van der Waals surface area contributed by atoms with Gasteiger partial charge in [0.15, 0.2) is 0 Å². The van der Waals surface area contributed by atoms with Crippen LogP contribution in [0, 0.1) is 5.82 Å². The Morgan fingerprint density at radius 2 is 1.95 bits per heavy atom. The number of benzene rings is 1. The zero-order valence-electron chi connectivity index (χ0n) is 11.6. The van der Waals surface area contributed by atoms with Crippen molar-refractivity contribution in [3.63, 3.8) is 0 Å². The van der Waals surface area contributed by atoms with Crippen molar-refractivity contribution in [1.82, 2.24) is 9.80 Å². The van der Waals surface area contributed by atoms with Gasteiger partial charge in [0.05, 0.1) is 19.2 Å². The fourth-order valence-electron chi connectivity index (χ4n) is 2.19. The second-order valence-corrected chi connectivity index (χ2v) is 5.68. The van der Waals surface area contributed by atoms with Crippen molar-refractivity contribution < 1.29 is 18.7 Å². The predicted molar refractivity (Wildman–Crippen MR) is 78.5 cm³/mol. The number of piperazine rings is 1. The molecule has 7 heteroatoms. The SMILES string of the molecule is COC(=O)CN1CCN(C(=O)c2cc(Br)ccc2F)CC1. The highest BCUT2D eigenvalue weighted by Gasteiger charge is 2.25. The van der Waals surface area contributed by atoms with E-state index in [4.69, 9.17) is 0 Å². The zero-order valence-corrected chi connectivity index (χ0v) is 13.2. The van der Waals surface area contributed by atoms with Crippen LogP contribution in [-0.2, 0) is 9.53 Å². The molecule has 2 rings (SSSR count). The Bertz CT molecular complexity index is 545. The molecular formula is C14H16BrFN2O3. The fraction of sp³-hybridized carbons (Fsp3) is 0.429. The van der Waals surface area contributed by atoms with Crippen LogP contribution >= 0.6 is 15.9 Å². The minimum atomic E-state index is -0.528. The molecule has 0 aromatic heterocycles. The van der Waals surface area contributed by atoms with Crippen molar-refractivity contribution >= 4 is 27.8 Å². The first-order chi connectivity index (χ1) is 10.0. The number of halogens is 2. The Morgan fingerprint density at radius 1 is 1.29 bits per heavy atom. The largest absolute Gasteiger partial charge is 0.468 e. The number of ether oxygens (including phenoxy) is 1. The zero-order chi connectivity index (χ0) is 15.4. The Hall–Kier alpha value is -1.47. The molecule has 0 saturated carbocycles. The summed E-state index contributed by atoms with van der Waals surface area (Å²) in [6, 6.07) is 4.31. The Labute approximate surface area is 130 Å². The monoisotopic (exact) mass is 358 g/mol. The molecule has 1 heterocycles. The third-order valence-electron chi connectivity index (χ3n) is 3.40. The number of methoxy groups -OCH3 is 1. The third-order valence-corrected chi connectivity index (χ3v) is 3.89. The van der Waals surface area contributed by atoms with Gasteiger partial charge in [-0.2, -0.15) is 0 Å². The van der Waals surface area contributed by atoms with Crippen LogP contribution in [0.3, 0.4) is 0 Å². The van der Waals surface area contributed by atoms with Crippen LogP contribution in [0.15, 0.2) is 22.7 Å². The molecule has 1 aliphatic heterocycles. The molecule has 0 unspecified atom stereocenters.